The van der Waals surface area contributed by atoms with Gasteiger partial charge in [-0.05, 0) is 39.3 Å². The molecule has 2 amide bonds. The number of likely N-dealkylation sites (tertiary alicyclic amines) is 2. The molecule has 136 valence electrons. The summed E-state index contributed by atoms with van der Waals surface area (Å²) in [5, 5.41) is 0. The van der Waals surface area contributed by atoms with Crippen molar-refractivity contribution in [1.82, 2.24) is 14.8 Å². The lowest BCUT2D eigenvalue weighted by molar-refractivity contribution is -0.140. The van der Waals surface area contributed by atoms with Crippen molar-refractivity contribution in [3.05, 3.63) is 24.5 Å². The third-order valence-corrected chi connectivity index (χ3v) is 4.33. The lowest BCUT2D eigenvalue weighted by Gasteiger charge is -2.41. The quantitative estimate of drug-likeness (QED) is 0.837. The predicted octanol–water partition coefficient (Wildman–Crippen LogP) is 2.07. The van der Waals surface area contributed by atoms with Crippen molar-refractivity contribution < 1.29 is 19.1 Å². The number of amides is 2. The maximum Gasteiger partial charge on any atom is 0.410 e. The number of carbonyl (C=O) groups excluding carboxylic acids is 2. The smallest absolute Gasteiger partial charge is 0.410 e. The van der Waals surface area contributed by atoms with Gasteiger partial charge < -0.3 is 14.4 Å². The van der Waals surface area contributed by atoms with Crippen LogP contribution < -0.4 is 4.74 Å². The van der Waals surface area contributed by atoms with Crippen LogP contribution in [0.3, 0.4) is 0 Å². The summed E-state index contributed by atoms with van der Waals surface area (Å²) < 4.78 is 11.2. The van der Waals surface area contributed by atoms with Crippen LogP contribution in [0.1, 0.15) is 33.6 Å². The van der Waals surface area contributed by atoms with Gasteiger partial charge in [0.05, 0.1) is 12.7 Å². The first-order valence-corrected chi connectivity index (χ1v) is 8.68. The van der Waals surface area contributed by atoms with Gasteiger partial charge in [0.25, 0.3) is 0 Å². The molecule has 2 fully saturated rings. The second-order valence-corrected chi connectivity index (χ2v) is 7.48. The van der Waals surface area contributed by atoms with Gasteiger partial charge in [0.1, 0.15) is 23.5 Å². The van der Waals surface area contributed by atoms with Crippen molar-refractivity contribution in [1.29, 1.82) is 0 Å². The Morgan fingerprint density at radius 2 is 2.04 bits per heavy atom. The molecular weight excluding hydrogens is 322 g/mol. The van der Waals surface area contributed by atoms with Crippen molar-refractivity contribution in [2.75, 3.05) is 19.6 Å². The van der Waals surface area contributed by atoms with E-state index < -0.39 is 17.7 Å². The predicted molar refractivity (Wildman–Crippen MR) is 91.2 cm³/mol. The average Bonchev–Trinajstić information content (AvgIpc) is 2.93. The fraction of sp³-hybridized carbons (Fsp3) is 0.611. The molecule has 0 radical (unpaired) electrons. The summed E-state index contributed by atoms with van der Waals surface area (Å²) >= 11 is 0. The Kier molecular flexibility index (Phi) is 4.83. The van der Waals surface area contributed by atoms with Gasteiger partial charge in [-0.2, -0.15) is 0 Å². The van der Waals surface area contributed by atoms with Gasteiger partial charge >= 0.3 is 6.09 Å². The fourth-order valence-corrected chi connectivity index (χ4v) is 3.03. The van der Waals surface area contributed by atoms with E-state index in [-0.39, 0.29) is 12.0 Å². The highest BCUT2D eigenvalue weighted by atomic mass is 16.6. The van der Waals surface area contributed by atoms with E-state index in [0.29, 0.717) is 31.8 Å². The number of aromatic nitrogens is 1. The molecule has 0 spiro atoms. The molecule has 2 atom stereocenters. The largest absolute Gasteiger partial charge is 0.487 e. The van der Waals surface area contributed by atoms with Gasteiger partial charge in [-0.25, -0.2) is 4.79 Å². The van der Waals surface area contributed by atoms with Crippen LogP contribution >= 0.6 is 0 Å². The molecule has 0 bridgehead atoms. The first kappa shape index (κ1) is 17.5. The van der Waals surface area contributed by atoms with Gasteiger partial charge in [0.2, 0.25) is 5.91 Å². The van der Waals surface area contributed by atoms with E-state index >= 15 is 0 Å². The zero-order valence-electron chi connectivity index (χ0n) is 15.0. The summed E-state index contributed by atoms with van der Waals surface area (Å²) in [7, 11) is 0. The summed E-state index contributed by atoms with van der Waals surface area (Å²) in [5.41, 5.74) is -0.559. The zero-order valence-corrected chi connectivity index (χ0v) is 15.0. The van der Waals surface area contributed by atoms with E-state index in [1.807, 2.05) is 32.9 Å². The lowest BCUT2D eigenvalue weighted by Crippen LogP contribution is -2.59. The van der Waals surface area contributed by atoms with Crippen molar-refractivity contribution in [2.45, 2.75) is 51.4 Å². The molecular formula is C18H25N3O4. The summed E-state index contributed by atoms with van der Waals surface area (Å²) in [4.78, 5) is 32.2. The minimum absolute atomic E-state index is 0.0191. The van der Waals surface area contributed by atoms with Gasteiger partial charge in [-0.15, -0.1) is 0 Å². The standard InChI is InChI=1S/C18H25N3O4/c1-18(2,3)25-17(23)21-10-7-15(21)16(22)20-9-6-14(12-20)24-13-5-4-8-19-11-13/h4-5,8,11,14-15H,6-7,9-10,12H2,1-3H3/t14-,15+/m0/s1. The van der Waals surface area contributed by atoms with Crippen molar-refractivity contribution >= 4 is 12.0 Å². The van der Waals surface area contributed by atoms with Crippen molar-refractivity contribution in [3.8, 4) is 5.75 Å². The zero-order chi connectivity index (χ0) is 18.0. The molecule has 0 aliphatic carbocycles. The van der Waals surface area contributed by atoms with Crippen LogP contribution in [-0.4, -0.2) is 64.2 Å². The van der Waals surface area contributed by atoms with Crippen LogP contribution in [0.15, 0.2) is 24.5 Å². The van der Waals surface area contributed by atoms with Gasteiger partial charge in [0, 0.05) is 25.7 Å². The molecule has 2 aliphatic heterocycles. The maximum absolute atomic E-state index is 12.7. The monoisotopic (exact) mass is 347 g/mol. The highest BCUT2D eigenvalue weighted by Gasteiger charge is 2.43. The van der Waals surface area contributed by atoms with Crippen LogP contribution in [0.4, 0.5) is 4.79 Å². The van der Waals surface area contributed by atoms with Gasteiger partial charge in [-0.1, -0.05) is 0 Å². The minimum atomic E-state index is -0.559. The summed E-state index contributed by atoms with van der Waals surface area (Å²) in [6, 6.07) is 3.26. The van der Waals surface area contributed by atoms with Crippen LogP contribution in [0, 0.1) is 0 Å². The minimum Gasteiger partial charge on any atom is -0.487 e. The third-order valence-electron chi connectivity index (χ3n) is 4.33. The summed E-state index contributed by atoms with van der Waals surface area (Å²) in [6.07, 6.45) is 4.37. The Morgan fingerprint density at radius 3 is 2.64 bits per heavy atom. The van der Waals surface area contributed by atoms with E-state index in [9.17, 15) is 9.59 Å². The molecule has 1 aromatic heterocycles. The Morgan fingerprint density at radius 1 is 1.24 bits per heavy atom. The van der Waals surface area contributed by atoms with E-state index in [4.69, 9.17) is 9.47 Å². The molecule has 0 saturated carbocycles. The first-order valence-electron chi connectivity index (χ1n) is 8.68. The van der Waals surface area contributed by atoms with E-state index in [1.54, 1.807) is 17.3 Å². The number of carbonyl (C=O) groups is 2. The summed E-state index contributed by atoms with van der Waals surface area (Å²) in [5.74, 6) is 0.690. The molecule has 2 saturated heterocycles. The van der Waals surface area contributed by atoms with E-state index in [2.05, 4.69) is 4.98 Å². The normalized spacial score (nSPS) is 23.2. The third kappa shape index (κ3) is 4.21. The SMILES string of the molecule is CC(C)(C)OC(=O)N1CC[C@@H]1C(=O)N1CC[C@H](Oc2cccnc2)C1. The Balaban J connectivity index is 1.53. The Bertz CT molecular complexity index is 629. The van der Waals surface area contributed by atoms with Crippen LogP contribution in [-0.2, 0) is 9.53 Å². The maximum atomic E-state index is 12.7. The number of pyridine rings is 1. The molecule has 0 N–H and O–H groups in total. The first-order chi connectivity index (χ1) is 11.8. The molecule has 0 aromatic carbocycles. The highest BCUT2D eigenvalue weighted by Crippen LogP contribution is 2.25. The number of hydrogen-bond acceptors (Lipinski definition) is 5. The number of nitrogens with zero attached hydrogens (tertiary/aromatic N) is 3. The Hall–Kier alpha value is -2.31. The highest BCUT2D eigenvalue weighted by molar-refractivity contribution is 5.87. The summed E-state index contributed by atoms with van der Waals surface area (Å²) in [6.45, 7) is 7.21. The molecule has 25 heavy (non-hydrogen) atoms. The van der Waals surface area contributed by atoms with Crippen LogP contribution in [0.25, 0.3) is 0 Å². The topological polar surface area (TPSA) is 72.0 Å². The van der Waals surface area contributed by atoms with Gasteiger partial charge in [0.15, 0.2) is 0 Å². The molecule has 3 heterocycles. The fourth-order valence-electron chi connectivity index (χ4n) is 3.03. The van der Waals surface area contributed by atoms with Crippen molar-refractivity contribution in [3.63, 3.8) is 0 Å². The van der Waals surface area contributed by atoms with Crippen LogP contribution in [0.5, 0.6) is 5.75 Å². The average molecular weight is 347 g/mol. The van der Waals surface area contributed by atoms with Crippen LogP contribution in [0.2, 0.25) is 0 Å². The molecule has 7 nitrogen and oxygen atoms in total. The van der Waals surface area contributed by atoms with E-state index in [0.717, 1.165) is 6.42 Å². The lowest BCUT2D eigenvalue weighted by atomic mass is 10.0. The number of ether oxygens (including phenoxy) is 2. The van der Waals surface area contributed by atoms with Crippen molar-refractivity contribution in [2.24, 2.45) is 0 Å². The Labute approximate surface area is 147 Å². The van der Waals surface area contributed by atoms with Gasteiger partial charge in [-0.3, -0.25) is 14.7 Å². The van der Waals surface area contributed by atoms with E-state index in [1.165, 1.54) is 4.90 Å². The molecule has 3 rings (SSSR count). The molecule has 0 unspecified atom stereocenters. The number of hydrogen-bond donors (Lipinski definition) is 0. The molecule has 7 heteroatoms. The molecule has 1 aromatic rings. The molecule has 2 aliphatic rings. The number of rotatable bonds is 3. The second-order valence-electron chi connectivity index (χ2n) is 7.48. The second kappa shape index (κ2) is 6.90.